The quantitative estimate of drug-likeness (QED) is 0.747. The molecule has 0 aliphatic heterocycles. The fourth-order valence-corrected chi connectivity index (χ4v) is 4.65. The van der Waals surface area contributed by atoms with E-state index in [0.29, 0.717) is 11.5 Å². The second-order valence-corrected chi connectivity index (χ2v) is 8.40. The van der Waals surface area contributed by atoms with Crippen molar-refractivity contribution in [3.8, 4) is 0 Å². The van der Waals surface area contributed by atoms with Crippen LogP contribution >= 0.6 is 0 Å². The zero-order chi connectivity index (χ0) is 14.0. The molecule has 0 bridgehead atoms. The summed E-state index contributed by atoms with van der Waals surface area (Å²) in [5.41, 5.74) is 6.97. The van der Waals surface area contributed by atoms with Crippen LogP contribution < -0.4 is 5.73 Å². The molecule has 112 valence electrons. The van der Waals surface area contributed by atoms with E-state index in [2.05, 4.69) is 27.7 Å². The van der Waals surface area contributed by atoms with Crippen molar-refractivity contribution in [1.29, 1.82) is 0 Å². The topological polar surface area (TPSA) is 26.0 Å². The summed E-state index contributed by atoms with van der Waals surface area (Å²) < 4.78 is 0. The SMILES string of the molecule is CCC1CCCC(C2CC(C(C)(C)C)CCC2N)C1. The van der Waals surface area contributed by atoms with E-state index >= 15 is 0 Å². The van der Waals surface area contributed by atoms with Crippen LogP contribution in [-0.2, 0) is 0 Å². The Bertz CT molecular complexity index is 278. The molecule has 0 aromatic heterocycles. The van der Waals surface area contributed by atoms with Crippen LogP contribution in [0, 0.1) is 29.1 Å². The van der Waals surface area contributed by atoms with E-state index in [1.807, 2.05) is 0 Å². The minimum absolute atomic E-state index is 0.469. The molecule has 0 heterocycles. The lowest BCUT2D eigenvalue weighted by atomic mass is 9.62. The summed E-state index contributed by atoms with van der Waals surface area (Å²) in [6, 6.07) is 0.485. The Labute approximate surface area is 120 Å². The molecule has 0 radical (unpaired) electrons. The molecule has 2 fully saturated rings. The lowest BCUT2D eigenvalue weighted by Gasteiger charge is -2.45. The first kappa shape index (κ1) is 15.4. The van der Waals surface area contributed by atoms with Gasteiger partial charge in [0.2, 0.25) is 0 Å². The Hall–Kier alpha value is -0.0400. The predicted molar refractivity (Wildman–Crippen MR) is 84.0 cm³/mol. The maximum absolute atomic E-state index is 6.50. The van der Waals surface area contributed by atoms with Gasteiger partial charge in [0.25, 0.3) is 0 Å². The molecular weight excluding hydrogens is 230 g/mol. The molecule has 2 aliphatic rings. The zero-order valence-corrected chi connectivity index (χ0v) is 13.6. The Morgan fingerprint density at radius 1 is 1.00 bits per heavy atom. The minimum Gasteiger partial charge on any atom is -0.327 e. The number of rotatable bonds is 2. The van der Waals surface area contributed by atoms with Gasteiger partial charge in [-0.15, -0.1) is 0 Å². The molecule has 2 aliphatic carbocycles. The maximum Gasteiger partial charge on any atom is 0.00700 e. The van der Waals surface area contributed by atoms with E-state index in [0.717, 1.165) is 23.7 Å². The summed E-state index contributed by atoms with van der Waals surface area (Å²) in [5.74, 6) is 3.62. The van der Waals surface area contributed by atoms with E-state index < -0.39 is 0 Å². The molecule has 1 nitrogen and oxygen atoms in total. The Morgan fingerprint density at radius 2 is 1.74 bits per heavy atom. The maximum atomic E-state index is 6.50. The van der Waals surface area contributed by atoms with Gasteiger partial charge in [-0.2, -0.15) is 0 Å². The summed E-state index contributed by atoms with van der Waals surface area (Å²) in [7, 11) is 0. The summed E-state index contributed by atoms with van der Waals surface area (Å²) >= 11 is 0. The normalized spacial score (nSPS) is 41.2. The smallest absolute Gasteiger partial charge is 0.00700 e. The highest BCUT2D eigenvalue weighted by atomic mass is 14.7. The van der Waals surface area contributed by atoms with E-state index in [-0.39, 0.29) is 0 Å². The van der Waals surface area contributed by atoms with Crippen LogP contribution in [0.2, 0.25) is 0 Å². The number of hydrogen-bond donors (Lipinski definition) is 1. The fourth-order valence-electron chi connectivity index (χ4n) is 4.65. The number of hydrogen-bond acceptors (Lipinski definition) is 1. The molecule has 0 aromatic rings. The highest BCUT2D eigenvalue weighted by Gasteiger charge is 2.39. The van der Waals surface area contributed by atoms with E-state index in [1.165, 1.54) is 51.4 Å². The van der Waals surface area contributed by atoms with Crippen LogP contribution in [0.1, 0.15) is 79.1 Å². The Kier molecular flexibility index (Phi) is 4.98. The zero-order valence-electron chi connectivity index (χ0n) is 13.6. The van der Waals surface area contributed by atoms with E-state index in [4.69, 9.17) is 5.73 Å². The van der Waals surface area contributed by atoms with Crippen molar-refractivity contribution < 1.29 is 0 Å². The third kappa shape index (κ3) is 3.74. The van der Waals surface area contributed by atoms with Crippen LogP contribution in [0.5, 0.6) is 0 Å². The first-order valence-electron chi connectivity index (χ1n) is 8.67. The Morgan fingerprint density at radius 3 is 2.37 bits per heavy atom. The standard InChI is InChI=1S/C18H35N/c1-5-13-7-6-8-14(11-13)16-12-15(18(2,3)4)9-10-17(16)19/h13-17H,5-12,19H2,1-4H3. The van der Waals surface area contributed by atoms with Crippen molar-refractivity contribution >= 4 is 0 Å². The second kappa shape index (κ2) is 6.16. The van der Waals surface area contributed by atoms with Gasteiger partial charge in [-0.3, -0.25) is 0 Å². The average Bonchev–Trinajstić information content (AvgIpc) is 2.38. The van der Waals surface area contributed by atoms with Crippen molar-refractivity contribution in [2.45, 2.75) is 85.1 Å². The molecule has 2 saturated carbocycles. The van der Waals surface area contributed by atoms with Crippen LogP contribution in [0.3, 0.4) is 0 Å². The predicted octanol–water partition coefficient (Wildman–Crippen LogP) is 4.99. The summed E-state index contributed by atoms with van der Waals surface area (Å²) in [5, 5.41) is 0. The summed E-state index contributed by atoms with van der Waals surface area (Å²) in [6.07, 6.45) is 11.2. The van der Waals surface area contributed by atoms with Crippen LogP contribution in [0.4, 0.5) is 0 Å². The number of nitrogens with two attached hydrogens (primary N) is 1. The van der Waals surface area contributed by atoms with Gasteiger partial charge in [0.1, 0.15) is 0 Å². The van der Waals surface area contributed by atoms with Gasteiger partial charge in [0, 0.05) is 6.04 Å². The molecule has 19 heavy (non-hydrogen) atoms. The van der Waals surface area contributed by atoms with Crippen molar-refractivity contribution in [1.82, 2.24) is 0 Å². The van der Waals surface area contributed by atoms with Gasteiger partial charge in [0.05, 0.1) is 0 Å². The lowest BCUT2D eigenvalue weighted by molar-refractivity contribution is 0.0697. The van der Waals surface area contributed by atoms with Crippen LogP contribution in [-0.4, -0.2) is 6.04 Å². The molecular formula is C18H35N. The largest absolute Gasteiger partial charge is 0.327 e. The second-order valence-electron chi connectivity index (χ2n) is 8.40. The molecule has 1 heteroatoms. The monoisotopic (exact) mass is 265 g/mol. The van der Waals surface area contributed by atoms with Gasteiger partial charge in [-0.25, -0.2) is 0 Å². The molecule has 0 aromatic carbocycles. The van der Waals surface area contributed by atoms with Gasteiger partial charge < -0.3 is 5.73 Å². The van der Waals surface area contributed by atoms with E-state index in [9.17, 15) is 0 Å². The van der Waals surface area contributed by atoms with Gasteiger partial charge >= 0.3 is 0 Å². The molecule has 0 saturated heterocycles. The first-order chi connectivity index (χ1) is 8.91. The molecule has 0 amide bonds. The van der Waals surface area contributed by atoms with E-state index in [1.54, 1.807) is 0 Å². The lowest BCUT2D eigenvalue weighted by Crippen LogP contribution is -2.44. The molecule has 5 unspecified atom stereocenters. The van der Waals surface area contributed by atoms with Gasteiger partial charge in [-0.1, -0.05) is 53.4 Å². The molecule has 2 rings (SSSR count). The van der Waals surface area contributed by atoms with Crippen molar-refractivity contribution in [3.05, 3.63) is 0 Å². The third-order valence-corrected chi connectivity index (χ3v) is 6.19. The summed E-state index contributed by atoms with van der Waals surface area (Å²) in [6.45, 7) is 9.62. The molecule has 5 atom stereocenters. The minimum atomic E-state index is 0.469. The van der Waals surface area contributed by atoms with Crippen LogP contribution in [0.25, 0.3) is 0 Å². The van der Waals surface area contributed by atoms with Gasteiger partial charge in [0.15, 0.2) is 0 Å². The molecule has 2 N–H and O–H groups in total. The van der Waals surface area contributed by atoms with Gasteiger partial charge in [-0.05, 0) is 54.8 Å². The van der Waals surface area contributed by atoms with Crippen molar-refractivity contribution in [2.75, 3.05) is 0 Å². The molecule has 0 spiro atoms. The Balaban J connectivity index is 2.00. The van der Waals surface area contributed by atoms with Crippen molar-refractivity contribution in [2.24, 2.45) is 34.8 Å². The van der Waals surface area contributed by atoms with Crippen LogP contribution in [0.15, 0.2) is 0 Å². The summed E-state index contributed by atoms with van der Waals surface area (Å²) in [4.78, 5) is 0. The highest BCUT2D eigenvalue weighted by molar-refractivity contribution is 4.92. The average molecular weight is 265 g/mol. The highest BCUT2D eigenvalue weighted by Crippen LogP contribution is 2.46. The third-order valence-electron chi connectivity index (χ3n) is 6.19. The van der Waals surface area contributed by atoms with Crippen molar-refractivity contribution in [3.63, 3.8) is 0 Å². The first-order valence-corrected chi connectivity index (χ1v) is 8.67. The fraction of sp³-hybridized carbons (Fsp3) is 1.00.